The molecule has 0 N–H and O–H groups in total. The van der Waals surface area contributed by atoms with Crippen molar-refractivity contribution in [2.24, 2.45) is 5.92 Å². The van der Waals surface area contributed by atoms with Crippen LogP contribution in [0.4, 0.5) is 0 Å². The van der Waals surface area contributed by atoms with E-state index in [-0.39, 0.29) is 0 Å². The lowest BCUT2D eigenvalue weighted by Crippen LogP contribution is -2.33. The minimum absolute atomic E-state index is 0.547. The number of hydrogen-bond donors (Lipinski definition) is 0. The lowest BCUT2D eigenvalue weighted by Gasteiger charge is -2.26. The number of likely N-dealkylation sites (tertiary alicyclic amines) is 1. The molecule has 16 heavy (non-hydrogen) atoms. The molecule has 1 aromatic rings. The van der Waals surface area contributed by atoms with Gasteiger partial charge in [0.25, 0.3) is 0 Å². The van der Waals surface area contributed by atoms with Crippen LogP contribution in [0.3, 0.4) is 0 Å². The molecule has 0 spiro atoms. The van der Waals surface area contributed by atoms with E-state index >= 15 is 0 Å². The Morgan fingerprint density at radius 1 is 1.50 bits per heavy atom. The third-order valence-electron chi connectivity index (χ3n) is 3.87. The Kier molecular flexibility index (Phi) is 3.18. The van der Waals surface area contributed by atoms with Gasteiger partial charge in [-0.05, 0) is 25.2 Å². The molecule has 1 aliphatic carbocycles. The van der Waals surface area contributed by atoms with Gasteiger partial charge in [-0.25, -0.2) is 4.98 Å². The Labute approximate surface area is 106 Å². The molecule has 1 saturated heterocycles. The van der Waals surface area contributed by atoms with E-state index < -0.39 is 0 Å². The number of halogens is 1. The third-order valence-corrected chi connectivity index (χ3v) is 5.10. The molecule has 88 valence electrons. The highest BCUT2D eigenvalue weighted by atomic mass is 35.5. The maximum Gasteiger partial charge on any atom is 0.0941 e. The van der Waals surface area contributed by atoms with Gasteiger partial charge in [0.05, 0.1) is 16.6 Å². The quantitative estimate of drug-likeness (QED) is 0.770. The van der Waals surface area contributed by atoms with E-state index in [1.54, 1.807) is 11.3 Å². The lowest BCUT2D eigenvalue weighted by molar-refractivity contribution is 0.216. The first kappa shape index (κ1) is 11.0. The number of alkyl halides is 1. The Morgan fingerprint density at radius 2 is 2.44 bits per heavy atom. The summed E-state index contributed by atoms with van der Waals surface area (Å²) in [6.45, 7) is 2.52. The number of piperidine rings is 1. The number of hydrogen-bond acceptors (Lipinski definition) is 3. The number of rotatable bonds is 4. The molecule has 2 fully saturated rings. The molecule has 2 bridgehead atoms. The largest absolute Gasteiger partial charge is 0.300 e. The Bertz CT molecular complexity index is 366. The van der Waals surface area contributed by atoms with Gasteiger partial charge in [0.1, 0.15) is 0 Å². The van der Waals surface area contributed by atoms with Crippen molar-refractivity contribution in [3.63, 3.8) is 0 Å². The molecule has 1 aliphatic heterocycles. The van der Waals surface area contributed by atoms with Crippen molar-refractivity contribution in [1.82, 2.24) is 9.88 Å². The summed E-state index contributed by atoms with van der Waals surface area (Å²) in [4.78, 5) is 7.17. The highest BCUT2D eigenvalue weighted by Crippen LogP contribution is 2.37. The molecular weight excluding hydrogens is 240 g/mol. The zero-order chi connectivity index (χ0) is 11.0. The van der Waals surface area contributed by atoms with Gasteiger partial charge in [0, 0.05) is 30.9 Å². The van der Waals surface area contributed by atoms with E-state index in [9.17, 15) is 0 Å². The smallest absolute Gasteiger partial charge is 0.0941 e. The Morgan fingerprint density at radius 3 is 3.06 bits per heavy atom. The van der Waals surface area contributed by atoms with Crippen molar-refractivity contribution < 1.29 is 0 Å². The van der Waals surface area contributed by atoms with Gasteiger partial charge in [-0.2, -0.15) is 0 Å². The van der Waals surface area contributed by atoms with Crippen LogP contribution in [0.2, 0.25) is 0 Å². The fourth-order valence-electron chi connectivity index (χ4n) is 3.06. The molecule has 1 saturated carbocycles. The average molecular weight is 257 g/mol. The van der Waals surface area contributed by atoms with Gasteiger partial charge in [-0.1, -0.05) is 0 Å². The number of fused-ring (bicyclic) bond motifs is 2. The molecule has 0 aromatic carbocycles. The Hall–Kier alpha value is -0.120. The van der Waals surface area contributed by atoms with Gasteiger partial charge in [-0.15, -0.1) is 22.9 Å². The zero-order valence-corrected chi connectivity index (χ0v) is 10.9. The van der Waals surface area contributed by atoms with Crippen LogP contribution >= 0.6 is 22.9 Å². The van der Waals surface area contributed by atoms with Crippen molar-refractivity contribution in [3.05, 3.63) is 16.1 Å². The summed E-state index contributed by atoms with van der Waals surface area (Å²) in [6.07, 6.45) is 5.44. The molecule has 3 rings (SSSR count). The van der Waals surface area contributed by atoms with Gasteiger partial charge in [0.15, 0.2) is 0 Å². The fourth-order valence-corrected chi connectivity index (χ4v) is 4.08. The first-order valence-corrected chi connectivity index (χ1v) is 7.50. The van der Waals surface area contributed by atoms with E-state index in [4.69, 9.17) is 11.6 Å². The minimum Gasteiger partial charge on any atom is -0.300 e. The van der Waals surface area contributed by atoms with Crippen molar-refractivity contribution in [1.29, 1.82) is 0 Å². The van der Waals surface area contributed by atoms with Gasteiger partial charge in [-0.3, -0.25) is 4.90 Å². The summed E-state index contributed by atoms with van der Waals surface area (Å²) < 4.78 is 0. The molecule has 2 nitrogen and oxygen atoms in total. The van der Waals surface area contributed by atoms with E-state index in [0.717, 1.165) is 24.1 Å². The lowest BCUT2D eigenvalue weighted by atomic mass is 10.1. The first-order chi connectivity index (χ1) is 7.85. The third kappa shape index (κ3) is 2.13. The summed E-state index contributed by atoms with van der Waals surface area (Å²) >= 11 is 7.51. The van der Waals surface area contributed by atoms with Crippen LogP contribution in [-0.4, -0.2) is 29.0 Å². The van der Waals surface area contributed by atoms with Crippen LogP contribution in [0.25, 0.3) is 0 Å². The Balaban J connectivity index is 1.53. The molecule has 4 heteroatoms. The standard InChI is InChI=1S/C12H17ClN2S/c13-6-10-8-16-12(14-10)3-4-15-7-9-1-2-11(15)5-9/h8-9,11H,1-7H2. The van der Waals surface area contributed by atoms with Crippen LogP contribution in [-0.2, 0) is 12.3 Å². The van der Waals surface area contributed by atoms with E-state index in [0.29, 0.717) is 5.88 Å². The maximum absolute atomic E-state index is 5.75. The molecule has 0 amide bonds. The van der Waals surface area contributed by atoms with Gasteiger partial charge >= 0.3 is 0 Å². The normalized spacial score (nSPS) is 29.1. The van der Waals surface area contributed by atoms with E-state index in [2.05, 4.69) is 15.3 Å². The highest BCUT2D eigenvalue weighted by Gasteiger charge is 2.37. The SMILES string of the molecule is ClCc1csc(CCN2CC3CCC2C3)n1. The number of nitrogens with zero attached hydrogens (tertiary/aromatic N) is 2. The van der Waals surface area contributed by atoms with Crippen LogP contribution in [0.5, 0.6) is 0 Å². The number of aromatic nitrogens is 1. The predicted octanol–water partition coefficient (Wildman–Crippen LogP) is 2.91. The van der Waals surface area contributed by atoms with Crippen molar-refractivity contribution >= 4 is 22.9 Å². The van der Waals surface area contributed by atoms with Gasteiger partial charge in [0.2, 0.25) is 0 Å². The topological polar surface area (TPSA) is 16.1 Å². The molecule has 2 aliphatic rings. The second-order valence-corrected chi connectivity index (χ2v) is 6.15. The van der Waals surface area contributed by atoms with E-state index in [1.165, 1.54) is 37.4 Å². The molecule has 1 aromatic heterocycles. The van der Waals surface area contributed by atoms with Crippen molar-refractivity contribution in [2.75, 3.05) is 13.1 Å². The molecule has 2 atom stereocenters. The van der Waals surface area contributed by atoms with Crippen LogP contribution in [0.1, 0.15) is 30.0 Å². The predicted molar refractivity (Wildman–Crippen MR) is 68.1 cm³/mol. The summed E-state index contributed by atoms with van der Waals surface area (Å²) in [5.74, 6) is 1.55. The minimum atomic E-state index is 0.547. The van der Waals surface area contributed by atoms with Crippen LogP contribution in [0.15, 0.2) is 5.38 Å². The highest BCUT2D eigenvalue weighted by molar-refractivity contribution is 7.09. The average Bonchev–Trinajstić information content (AvgIpc) is 3.02. The summed E-state index contributed by atoms with van der Waals surface area (Å²) in [5, 5.41) is 3.33. The maximum atomic E-state index is 5.75. The summed E-state index contributed by atoms with van der Waals surface area (Å²) in [7, 11) is 0. The fraction of sp³-hybridized carbons (Fsp3) is 0.750. The van der Waals surface area contributed by atoms with E-state index in [1.807, 2.05) is 0 Å². The second-order valence-electron chi connectivity index (χ2n) is 4.94. The zero-order valence-electron chi connectivity index (χ0n) is 9.36. The van der Waals surface area contributed by atoms with Crippen molar-refractivity contribution in [2.45, 2.75) is 37.6 Å². The molecule has 0 radical (unpaired) electrons. The summed E-state index contributed by atoms with van der Waals surface area (Å²) in [6, 6.07) is 0.887. The molecule has 2 heterocycles. The first-order valence-electron chi connectivity index (χ1n) is 6.08. The van der Waals surface area contributed by atoms with Crippen LogP contribution < -0.4 is 0 Å². The van der Waals surface area contributed by atoms with Gasteiger partial charge < -0.3 is 0 Å². The van der Waals surface area contributed by atoms with Crippen LogP contribution in [0, 0.1) is 5.92 Å². The number of thiazole rings is 1. The monoisotopic (exact) mass is 256 g/mol. The molecular formula is C12H17ClN2S. The molecule has 2 unspecified atom stereocenters. The second kappa shape index (κ2) is 4.63. The van der Waals surface area contributed by atoms with Crippen molar-refractivity contribution in [3.8, 4) is 0 Å². The summed E-state index contributed by atoms with van der Waals surface area (Å²) in [5.41, 5.74) is 1.03.